The van der Waals surface area contributed by atoms with Gasteiger partial charge >= 0.3 is 0 Å². The monoisotopic (exact) mass is 278 g/mol. The molecular formula is C14H22N4S. The summed E-state index contributed by atoms with van der Waals surface area (Å²) in [5, 5.41) is 5.62. The van der Waals surface area contributed by atoms with Gasteiger partial charge in [-0.3, -0.25) is 4.40 Å². The summed E-state index contributed by atoms with van der Waals surface area (Å²) in [7, 11) is 0. The van der Waals surface area contributed by atoms with Crippen molar-refractivity contribution in [3.63, 3.8) is 0 Å². The Labute approximate surface area is 118 Å². The number of likely N-dealkylation sites (tertiary alicyclic amines) is 1. The Kier molecular flexibility index (Phi) is 3.86. The van der Waals surface area contributed by atoms with Crippen molar-refractivity contribution in [2.75, 3.05) is 19.6 Å². The Morgan fingerprint density at radius 3 is 3.16 bits per heavy atom. The fourth-order valence-corrected chi connectivity index (χ4v) is 3.48. The van der Waals surface area contributed by atoms with Gasteiger partial charge in [0.05, 0.1) is 5.69 Å². The van der Waals surface area contributed by atoms with Crippen molar-refractivity contribution in [2.24, 2.45) is 5.92 Å². The van der Waals surface area contributed by atoms with Crippen LogP contribution in [0, 0.1) is 5.92 Å². The highest BCUT2D eigenvalue weighted by atomic mass is 32.1. The predicted molar refractivity (Wildman–Crippen MR) is 79.6 cm³/mol. The van der Waals surface area contributed by atoms with Gasteiger partial charge in [-0.05, 0) is 39.3 Å². The SMILES string of the molecule is CC(C)N1CCC(CNCc2cn3ccsc3n2)C1. The molecule has 0 spiro atoms. The molecular weight excluding hydrogens is 256 g/mol. The molecule has 3 heterocycles. The molecule has 1 aliphatic rings. The number of nitrogens with one attached hydrogen (secondary N) is 1. The first-order valence-corrected chi connectivity index (χ1v) is 7.96. The van der Waals surface area contributed by atoms with Crippen LogP contribution >= 0.6 is 11.3 Å². The van der Waals surface area contributed by atoms with Crippen LogP contribution in [0.25, 0.3) is 4.96 Å². The van der Waals surface area contributed by atoms with E-state index in [0.717, 1.165) is 29.7 Å². The van der Waals surface area contributed by atoms with Crippen LogP contribution in [-0.4, -0.2) is 40.0 Å². The van der Waals surface area contributed by atoms with Gasteiger partial charge in [-0.1, -0.05) is 0 Å². The summed E-state index contributed by atoms with van der Waals surface area (Å²) >= 11 is 1.69. The lowest BCUT2D eigenvalue weighted by Gasteiger charge is -2.20. The second kappa shape index (κ2) is 5.61. The van der Waals surface area contributed by atoms with Crippen LogP contribution in [0.4, 0.5) is 0 Å². The van der Waals surface area contributed by atoms with Gasteiger partial charge in [0.25, 0.3) is 0 Å². The summed E-state index contributed by atoms with van der Waals surface area (Å²) in [6.07, 6.45) is 5.51. The van der Waals surface area contributed by atoms with Gasteiger partial charge in [-0.15, -0.1) is 11.3 Å². The molecule has 4 nitrogen and oxygen atoms in total. The largest absolute Gasteiger partial charge is 0.311 e. The molecule has 1 N–H and O–H groups in total. The fraction of sp³-hybridized carbons (Fsp3) is 0.643. The minimum atomic E-state index is 0.685. The van der Waals surface area contributed by atoms with E-state index in [0.29, 0.717) is 6.04 Å². The Bertz CT molecular complexity index is 502. The molecule has 2 aromatic heterocycles. The maximum Gasteiger partial charge on any atom is 0.193 e. The summed E-state index contributed by atoms with van der Waals surface area (Å²) in [4.78, 5) is 8.24. The molecule has 0 amide bonds. The van der Waals surface area contributed by atoms with Crippen molar-refractivity contribution in [2.45, 2.75) is 32.9 Å². The maximum atomic E-state index is 4.59. The van der Waals surface area contributed by atoms with E-state index in [1.54, 1.807) is 11.3 Å². The minimum Gasteiger partial charge on any atom is -0.311 e. The Hall–Kier alpha value is -0.910. The van der Waals surface area contributed by atoms with E-state index in [4.69, 9.17) is 0 Å². The molecule has 1 fully saturated rings. The van der Waals surface area contributed by atoms with E-state index in [-0.39, 0.29) is 0 Å². The summed E-state index contributed by atoms with van der Waals surface area (Å²) in [6, 6.07) is 0.685. The minimum absolute atomic E-state index is 0.685. The average Bonchev–Trinajstić information content (AvgIpc) is 3.02. The molecule has 0 bridgehead atoms. The molecule has 5 heteroatoms. The lowest BCUT2D eigenvalue weighted by molar-refractivity contribution is 0.264. The number of hydrogen-bond donors (Lipinski definition) is 1. The Morgan fingerprint density at radius 1 is 1.53 bits per heavy atom. The van der Waals surface area contributed by atoms with E-state index >= 15 is 0 Å². The molecule has 1 unspecified atom stereocenters. The van der Waals surface area contributed by atoms with E-state index in [1.165, 1.54) is 19.5 Å². The smallest absolute Gasteiger partial charge is 0.193 e. The van der Waals surface area contributed by atoms with Gasteiger partial charge in [0, 0.05) is 36.9 Å². The zero-order valence-electron chi connectivity index (χ0n) is 11.7. The van der Waals surface area contributed by atoms with Crippen LogP contribution in [0.1, 0.15) is 26.0 Å². The number of hydrogen-bond acceptors (Lipinski definition) is 4. The summed E-state index contributed by atoms with van der Waals surface area (Å²) < 4.78 is 2.09. The van der Waals surface area contributed by atoms with Crippen LogP contribution in [0.2, 0.25) is 0 Å². The summed E-state index contributed by atoms with van der Waals surface area (Å²) in [5.74, 6) is 0.797. The second-order valence-corrected chi connectivity index (χ2v) is 6.57. The zero-order chi connectivity index (χ0) is 13.2. The molecule has 1 atom stereocenters. The van der Waals surface area contributed by atoms with Crippen molar-refractivity contribution in [1.29, 1.82) is 0 Å². The van der Waals surface area contributed by atoms with Crippen LogP contribution in [0.5, 0.6) is 0 Å². The zero-order valence-corrected chi connectivity index (χ0v) is 12.5. The topological polar surface area (TPSA) is 32.6 Å². The van der Waals surface area contributed by atoms with Gasteiger partial charge < -0.3 is 10.2 Å². The first-order chi connectivity index (χ1) is 9.22. The third-order valence-corrected chi connectivity index (χ3v) is 4.70. The molecule has 2 aromatic rings. The van der Waals surface area contributed by atoms with E-state index in [2.05, 4.69) is 51.2 Å². The van der Waals surface area contributed by atoms with Crippen molar-refractivity contribution in [3.05, 3.63) is 23.5 Å². The standard InChI is InChI=1S/C14H22N4S/c1-11(2)17-4-3-12(9-17)7-15-8-13-10-18-5-6-19-14(18)16-13/h5-6,10-12,15H,3-4,7-9H2,1-2H3. The second-order valence-electron chi connectivity index (χ2n) is 5.70. The molecule has 0 saturated carbocycles. The number of aromatic nitrogens is 2. The van der Waals surface area contributed by atoms with Gasteiger partial charge in [0.2, 0.25) is 0 Å². The van der Waals surface area contributed by atoms with Crippen LogP contribution in [0.15, 0.2) is 17.8 Å². The van der Waals surface area contributed by atoms with Gasteiger partial charge in [-0.25, -0.2) is 4.98 Å². The number of nitrogens with zero attached hydrogens (tertiary/aromatic N) is 3. The normalized spacial score (nSPS) is 20.9. The molecule has 0 aromatic carbocycles. The molecule has 1 saturated heterocycles. The lowest BCUT2D eigenvalue weighted by atomic mass is 10.1. The van der Waals surface area contributed by atoms with Gasteiger partial charge in [0.15, 0.2) is 4.96 Å². The quantitative estimate of drug-likeness (QED) is 0.910. The molecule has 0 aliphatic carbocycles. The van der Waals surface area contributed by atoms with Crippen molar-refractivity contribution in [1.82, 2.24) is 19.6 Å². The van der Waals surface area contributed by atoms with Gasteiger partial charge in [0.1, 0.15) is 0 Å². The number of rotatable bonds is 5. The summed E-state index contributed by atoms with van der Waals surface area (Å²) in [6.45, 7) is 9.05. The number of thiazole rings is 1. The predicted octanol–water partition coefficient (Wildman–Crippen LogP) is 2.22. The van der Waals surface area contributed by atoms with Crippen LogP contribution in [0.3, 0.4) is 0 Å². The van der Waals surface area contributed by atoms with Crippen molar-refractivity contribution in [3.8, 4) is 0 Å². The highest BCUT2D eigenvalue weighted by Gasteiger charge is 2.23. The lowest BCUT2D eigenvalue weighted by Crippen LogP contribution is -2.30. The number of fused-ring (bicyclic) bond motifs is 1. The highest BCUT2D eigenvalue weighted by molar-refractivity contribution is 7.15. The molecule has 0 radical (unpaired) electrons. The average molecular weight is 278 g/mol. The first-order valence-electron chi connectivity index (χ1n) is 7.08. The van der Waals surface area contributed by atoms with Gasteiger partial charge in [-0.2, -0.15) is 0 Å². The van der Waals surface area contributed by atoms with Crippen molar-refractivity contribution >= 4 is 16.3 Å². The van der Waals surface area contributed by atoms with E-state index < -0.39 is 0 Å². The molecule has 1 aliphatic heterocycles. The summed E-state index contributed by atoms with van der Waals surface area (Å²) in [5.41, 5.74) is 1.14. The van der Waals surface area contributed by atoms with Crippen molar-refractivity contribution < 1.29 is 0 Å². The van der Waals surface area contributed by atoms with E-state index in [9.17, 15) is 0 Å². The van der Waals surface area contributed by atoms with Crippen LogP contribution in [-0.2, 0) is 6.54 Å². The Morgan fingerprint density at radius 2 is 2.42 bits per heavy atom. The molecule has 3 rings (SSSR count). The maximum absolute atomic E-state index is 4.59. The van der Waals surface area contributed by atoms with E-state index in [1.807, 2.05) is 0 Å². The Balaban J connectivity index is 1.45. The third-order valence-electron chi connectivity index (χ3n) is 3.93. The molecule has 104 valence electrons. The first kappa shape index (κ1) is 13.1. The number of imidazole rings is 1. The third kappa shape index (κ3) is 2.99. The highest BCUT2D eigenvalue weighted by Crippen LogP contribution is 2.18. The fourth-order valence-electron chi connectivity index (χ4n) is 2.76. The molecule has 19 heavy (non-hydrogen) atoms. The van der Waals surface area contributed by atoms with Crippen LogP contribution < -0.4 is 5.32 Å².